The van der Waals surface area contributed by atoms with Crippen molar-refractivity contribution in [2.24, 2.45) is 0 Å². The summed E-state index contributed by atoms with van der Waals surface area (Å²) in [6, 6.07) is 15.5. The van der Waals surface area contributed by atoms with Gasteiger partial charge in [0.1, 0.15) is 5.75 Å². The Labute approximate surface area is 144 Å². The predicted octanol–water partition coefficient (Wildman–Crippen LogP) is 4.71. The van der Waals surface area contributed by atoms with Gasteiger partial charge in [0.2, 0.25) is 0 Å². The van der Waals surface area contributed by atoms with E-state index in [2.05, 4.69) is 10.2 Å². The van der Waals surface area contributed by atoms with Crippen LogP contribution in [-0.2, 0) is 0 Å². The van der Waals surface area contributed by atoms with Gasteiger partial charge < -0.3 is 4.74 Å². The molecule has 0 atom stereocenters. The standard InChI is InChI=1S/C17H16ClN3OS/c1-3-22-13-10-8-12(9-11-13)21-16(19-20-17(21)23-2)14-6-4-5-7-15(14)18/h4-11H,3H2,1-2H3. The molecule has 0 N–H and O–H groups in total. The van der Waals surface area contributed by atoms with Crippen molar-refractivity contribution in [1.29, 1.82) is 0 Å². The molecule has 0 aliphatic rings. The first kappa shape index (κ1) is 15.9. The van der Waals surface area contributed by atoms with Crippen molar-refractivity contribution in [3.63, 3.8) is 0 Å². The quantitative estimate of drug-likeness (QED) is 0.628. The maximum Gasteiger partial charge on any atom is 0.195 e. The van der Waals surface area contributed by atoms with E-state index < -0.39 is 0 Å². The Balaban J connectivity index is 2.11. The molecule has 1 heterocycles. The molecule has 0 saturated carbocycles. The van der Waals surface area contributed by atoms with Crippen LogP contribution in [0.4, 0.5) is 0 Å². The van der Waals surface area contributed by atoms with Crippen molar-refractivity contribution < 1.29 is 4.74 Å². The Morgan fingerprint density at radius 3 is 2.48 bits per heavy atom. The van der Waals surface area contributed by atoms with Crippen molar-refractivity contribution in [3.05, 3.63) is 53.6 Å². The lowest BCUT2D eigenvalue weighted by Crippen LogP contribution is -2.00. The van der Waals surface area contributed by atoms with Gasteiger partial charge in [0.25, 0.3) is 0 Å². The van der Waals surface area contributed by atoms with E-state index in [0.717, 1.165) is 28.0 Å². The number of nitrogens with zero attached hydrogens (tertiary/aromatic N) is 3. The van der Waals surface area contributed by atoms with Crippen LogP contribution in [-0.4, -0.2) is 27.6 Å². The van der Waals surface area contributed by atoms with Gasteiger partial charge in [0, 0.05) is 11.3 Å². The van der Waals surface area contributed by atoms with Crippen LogP contribution in [0.25, 0.3) is 17.1 Å². The minimum absolute atomic E-state index is 0.646. The van der Waals surface area contributed by atoms with E-state index >= 15 is 0 Å². The Kier molecular flexibility index (Phi) is 4.88. The Hall–Kier alpha value is -1.98. The molecule has 0 saturated heterocycles. The fourth-order valence-corrected chi connectivity index (χ4v) is 3.03. The Morgan fingerprint density at radius 1 is 1.09 bits per heavy atom. The predicted molar refractivity (Wildman–Crippen MR) is 94.8 cm³/mol. The fourth-order valence-electron chi connectivity index (χ4n) is 2.31. The number of thioether (sulfide) groups is 1. The molecule has 0 aliphatic heterocycles. The highest BCUT2D eigenvalue weighted by molar-refractivity contribution is 7.98. The zero-order valence-electron chi connectivity index (χ0n) is 12.9. The molecule has 0 aliphatic carbocycles. The molecular weight excluding hydrogens is 330 g/mol. The van der Waals surface area contributed by atoms with Gasteiger partial charge in [-0.05, 0) is 49.6 Å². The van der Waals surface area contributed by atoms with E-state index in [9.17, 15) is 0 Å². The molecule has 0 spiro atoms. The van der Waals surface area contributed by atoms with Gasteiger partial charge in [-0.25, -0.2) is 0 Å². The van der Waals surface area contributed by atoms with Crippen LogP contribution in [0.3, 0.4) is 0 Å². The molecule has 0 fully saturated rings. The molecule has 1 aromatic heterocycles. The SMILES string of the molecule is CCOc1ccc(-n2c(SC)nnc2-c2ccccc2Cl)cc1. The summed E-state index contributed by atoms with van der Waals surface area (Å²) >= 11 is 7.87. The average Bonchev–Trinajstić information content (AvgIpc) is 3.00. The number of halogens is 1. The maximum atomic E-state index is 6.33. The van der Waals surface area contributed by atoms with Crippen LogP contribution in [0.2, 0.25) is 5.02 Å². The summed E-state index contributed by atoms with van der Waals surface area (Å²) in [4.78, 5) is 0. The van der Waals surface area contributed by atoms with Crippen LogP contribution in [0, 0.1) is 0 Å². The van der Waals surface area contributed by atoms with Crippen molar-refractivity contribution in [1.82, 2.24) is 14.8 Å². The normalized spacial score (nSPS) is 10.7. The lowest BCUT2D eigenvalue weighted by Gasteiger charge is -2.11. The van der Waals surface area contributed by atoms with Crippen molar-refractivity contribution >= 4 is 23.4 Å². The van der Waals surface area contributed by atoms with Gasteiger partial charge in [-0.1, -0.05) is 35.5 Å². The zero-order chi connectivity index (χ0) is 16.2. The van der Waals surface area contributed by atoms with Gasteiger partial charge in [-0.15, -0.1) is 10.2 Å². The van der Waals surface area contributed by atoms with Crippen LogP contribution in [0.5, 0.6) is 5.75 Å². The van der Waals surface area contributed by atoms with Crippen LogP contribution in [0.15, 0.2) is 53.7 Å². The highest BCUT2D eigenvalue weighted by Gasteiger charge is 2.17. The van der Waals surface area contributed by atoms with Gasteiger partial charge in [-0.3, -0.25) is 4.57 Å². The topological polar surface area (TPSA) is 39.9 Å². The molecule has 0 unspecified atom stereocenters. The molecular formula is C17H16ClN3OS. The fraction of sp³-hybridized carbons (Fsp3) is 0.176. The number of benzene rings is 2. The van der Waals surface area contributed by atoms with E-state index in [4.69, 9.17) is 16.3 Å². The third-order valence-corrected chi connectivity index (χ3v) is 4.30. The Morgan fingerprint density at radius 2 is 1.83 bits per heavy atom. The van der Waals surface area contributed by atoms with Gasteiger partial charge in [-0.2, -0.15) is 0 Å². The zero-order valence-corrected chi connectivity index (χ0v) is 14.4. The van der Waals surface area contributed by atoms with Crippen LogP contribution < -0.4 is 4.74 Å². The molecule has 0 amide bonds. The second kappa shape index (κ2) is 7.06. The van der Waals surface area contributed by atoms with E-state index in [-0.39, 0.29) is 0 Å². The van der Waals surface area contributed by atoms with E-state index in [1.54, 1.807) is 11.8 Å². The van der Waals surface area contributed by atoms with Crippen LogP contribution >= 0.6 is 23.4 Å². The molecule has 3 aromatic rings. The molecule has 23 heavy (non-hydrogen) atoms. The monoisotopic (exact) mass is 345 g/mol. The Bertz CT molecular complexity index is 802. The molecule has 0 bridgehead atoms. The first-order valence-corrected chi connectivity index (χ1v) is 8.82. The summed E-state index contributed by atoms with van der Waals surface area (Å²) in [5.74, 6) is 1.57. The summed E-state index contributed by atoms with van der Waals surface area (Å²) in [5.41, 5.74) is 1.83. The molecule has 2 aromatic carbocycles. The summed E-state index contributed by atoms with van der Waals surface area (Å²) in [7, 11) is 0. The summed E-state index contributed by atoms with van der Waals surface area (Å²) in [5, 5.41) is 10.1. The van der Waals surface area contributed by atoms with Gasteiger partial charge in [0.05, 0.1) is 11.6 Å². The highest BCUT2D eigenvalue weighted by atomic mass is 35.5. The largest absolute Gasteiger partial charge is 0.494 e. The lowest BCUT2D eigenvalue weighted by atomic mass is 10.2. The third kappa shape index (κ3) is 3.21. The summed E-state index contributed by atoms with van der Waals surface area (Å²) in [6.07, 6.45) is 1.98. The molecule has 0 radical (unpaired) electrons. The molecule has 4 nitrogen and oxygen atoms in total. The van der Waals surface area contributed by atoms with E-state index in [0.29, 0.717) is 11.6 Å². The van der Waals surface area contributed by atoms with E-state index in [1.165, 1.54) is 0 Å². The van der Waals surface area contributed by atoms with Crippen LogP contribution in [0.1, 0.15) is 6.92 Å². The summed E-state index contributed by atoms with van der Waals surface area (Å²) < 4.78 is 7.50. The first-order valence-electron chi connectivity index (χ1n) is 7.22. The number of ether oxygens (including phenoxy) is 1. The number of rotatable bonds is 5. The number of aromatic nitrogens is 3. The summed E-state index contributed by atoms with van der Waals surface area (Å²) in [6.45, 7) is 2.61. The first-order chi connectivity index (χ1) is 11.2. The minimum Gasteiger partial charge on any atom is -0.494 e. The average molecular weight is 346 g/mol. The third-order valence-electron chi connectivity index (χ3n) is 3.34. The van der Waals surface area contributed by atoms with Crippen molar-refractivity contribution in [3.8, 4) is 22.8 Å². The molecule has 118 valence electrons. The number of hydrogen-bond acceptors (Lipinski definition) is 4. The van der Waals surface area contributed by atoms with Crippen molar-refractivity contribution in [2.75, 3.05) is 12.9 Å². The lowest BCUT2D eigenvalue weighted by molar-refractivity contribution is 0.340. The molecule has 6 heteroatoms. The minimum atomic E-state index is 0.646. The van der Waals surface area contributed by atoms with Crippen molar-refractivity contribution in [2.45, 2.75) is 12.1 Å². The number of hydrogen-bond donors (Lipinski definition) is 0. The maximum absolute atomic E-state index is 6.33. The highest BCUT2D eigenvalue weighted by Crippen LogP contribution is 2.31. The van der Waals surface area contributed by atoms with E-state index in [1.807, 2.05) is 66.3 Å². The smallest absolute Gasteiger partial charge is 0.195 e. The second-order valence-corrected chi connectivity index (χ2v) is 5.93. The second-order valence-electron chi connectivity index (χ2n) is 4.75. The molecule has 3 rings (SSSR count). The van der Waals surface area contributed by atoms with Gasteiger partial charge >= 0.3 is 0 Å². The van der Waals surface area contributed by atoms with Gasteiger partial charge in [0.15, 0.2) is 11.0 Å².